The molecule has 0 bridgehead atoms. The number of esters is 1. The highest BCUT2D eigenvalue weighted by Crippen LogP contribution is 2.45. The summed E-state index contributed by atoms with van der Waals surface area (Å²) in [6, 6.07) is 5.94. The van der Waals surface area contributed by atoms with E-state index in [1.807, 2.05) is 18.2 Å². The third kappa shape index (κ3) is 3.17. The second-order valence-electron chi connectivity index (χ2n) is 4.86. The summed E-state index contributed by atoms with van der Waals surface area (Å²) in [4.78, 5) is 13.4. The lowest BCUT2D eigenvalue weighted by Gasteiger charge is -2.10. The molecule has 0 aliphatic rings. The molecule has 0 saturated carbocycles. The van der Waals surface area contributed by atoms with Crippen molar-refractivity contribution >= 4 is 54.9 Å². The molecule has 0 atom stereocenters. The van der Waals surface area contributed by atoms with Gasteiger partial charge in [0.05, 0.1) is 12.8 Å². The van der Waals surface area contributed by atoms with Crippen LogP contribution in [0.1, 0.15) is 35.0 Å². The molecule has 0 aliphatic heterocycles. The molecule has 0 saturated heterocycles. The molecule has 0 spiro atoms. The van der Waals surface area contributed by atoms with Crippen molar-refractivity contribution in [2.75, 3.05) is 12.8 Å². The van der Waals surface area contributed by atoms with Crippen molar-refractivity contribution in [1.29, 1.82) is 0 Å². The zero-order chi connectivity index (χ0) is 15.7. The van der Waals surface area contributed by atoms with Crippen molar-refractivity contribution in [3.8, 4) is 10.4 Å². The number of thiophene rings is 1. The largest absolute Gasteiger partial charge is 0.465 e. The fourth-order valence-electron chi connectivity index (χ4n) is 2.15. The average molecular weight is 433 g/mol. The van der Waals surface area contributed by atoms with Gasteiger partial charge < -0.3 is 10.5 Å². The van der Waals surface area contributed by atoms with Crippen molar-refractivity contribution in [2.24, 2.45) is 0 Å². The highest BCUT2D eigenvalue weighted by atomic mass is 79.9. The molecule has 21 heavy (non-hydrogen) atoms. The Bertz CT molecular complexity index is 695. The van der Waals surface area contributed by atoms with Crippen molar-refractivity contribution < 1.29 is 9.53 Å². The van der Waals surface area contributed by atoms with Crippen molar-refractivity contribution in [3.05, 3.63) is 37.6 Å². The molecule has 1 heterocycles. The summed E-state index contributed by atoms with van der Waals surface area (Å²) in [5.41, 5.74) is 8.71. The maximum absolute atomic E-state index is 11.9. The first-order valence-electron chi connectivity index (χ1n) is 6.32. The molecule has 3 nitrogen and oxygen atoms in total. The van der Waals surface area contributed by atoms with Gasteiger partial charge >= 0.3 is 5.97 Å². The molecule has 2 rings (SSSR count). The Hall–Kier alpha value is -0.850. The number of nitrogen functional groups attached to an aromatic ring is 1. The predicted molar refractivity (Wildman–Crippen MR) is 95.0 cm³/mol. The van der Waals surface area contributed by atoms with E-state index < -0.39 is 5.97 Å². The smallest absolute Gasteiger partial charge is 0.350 e. The second-order valence-corrected chi connectivity index (χ2v) is 7.65. The van der Waals surface area contributed by atoms with Crippen LogP contribution >= 0.6 is 43.2 Å². The van der Waals surface area contributed by atoms with Crippen LogP contribution in [0.3, 0.4) is 0 Å². The molecule has 1 aromatic carbocycles. The first-order chi connectivity index (χ1) is 9.86. The molecule has 0 aliphatic carbocycles. The molecule has 6 heteroatoms. The van der Waals surface area contributed by atoms with Crippen LogP contribution in [0.5, 0.6) is 0 Å². The Balaban J connectivity index is 2.73. The lowest BCUT2D eigenvalue weighted by atomic mass is 9.98. The standard InChI is InChI=1S/C15H15Br2NO2S/c1-7(2)11-12(18)14(15(19)20-3)21-13(11)9-6-8(16)4-5-10(9)17/h4-7H,18H2,1-3H3. The van der Waals surface area contributed by atoms with Gasteiger partial charge in [-0.05, 0) is 29.7 Å². The van der Waals surface area contributed by atoms with Gasteiger partial charge in [-0.15, -0.1) is 11.3 Å². The summed E-state index contributed by atoms with van der Waals surface area (Å²) in [6.45, 7) is 4.13. The van der Waals surface area contributed by atoms with Gasteiger partial charge in [0.2, 0.25) is 0 Å². The van der Waals surface area contributed by atoms with E-state index in [4.69, 9.17) is 10.5 Å². The number of ether oxygens (including phenoxy) is 1. The Labute approximate surface area is 144 Å². The minimum Gasteiger partial charge on any atom is -0.465 e. The number of methoxy groups -OCH3 is 1. The van der Waals surface area contributed by atoms with Crippen LogP contribution < -0.4 is 5.73 Å². The van der Waals surface area contributed by atoms with Crippen molar-refractivity contribution in [1.82, 2.24) is 0 Å². The minimum atomic E-state index is -0.392. The number of carbonyl (C=O) groups excluding carboxylic acids is 1. The summed E-state index contributed by atoms with van der Waals surface area (Å²) >= 11 is 8.42. The van der Waals surface area contributed by atoms with E-state index in [1.54, 1.807) is 0 Å². The van der Waals surface area contributed by atoms with Crippen LogP contribution in [0.2, 0.25) is 0 Å². The number of hydrogen-bond acceptors (Lipinski definition) is 4. The summed E-state index contributed by atoms with van der Waals surface area (Å²) < 4.78 is 6.76. The van der Waals surface area contributed by atoms with Gasteiger partial charge in [-0.3, -0.25) is 0 Å². The second kappa shape index (κ2) is 6.50. The molecular formula is C15H15Br2NO2S. The van der Waals surface area contributed by atoms with Crippen LogP contribution in [-0.4, -0.2) is 13.1 Å². The fourth-order valence-corrected chi connectivity index (χ4v) is 4.41. The van der Waals surface area contributed by atoms with Crippen molar-refractivity contribution in [3.63, 3.8) is 0 Å². The number of halogens is 2. The number of benzene rings is 1. The van der Waals surface area contributed by atoms with Crippen LogP contribution in [0.15, 0.2) is 27.1 Å². The third-order valence-corrected chi connectivity index (χ3v) is 5.52. The van der Waals surface area contributed by atoms with Gasteiger partial charge in [0.1, 0.15) is 4.88 Å². The Morgan fingerprint density at radius 1 is 1.33 bits per heavy atom. The fraction of sp³-hybridized carbons (Fsp3) is 0.267. The number of anilines is 1. The maximum Gasteiger partial charge on any atom is 0.350 e. The zero-order valence-electron chi connectivity index (χ0n) is 11.9. The topological polar surface area (TPSA) is 52.3 Å². The lowest BCUT2D eigenvalue weighted by molar-refractivity contribution is 0.0607. The Morgan fingerprint density at radius 3 is 2.57 bits per heavy atom. The van der Waals surface area contributed by atoms with E-state index in [0.717, 1.165) is 24.9 Å². The van der Waals surface area contributed by atoms with Gasteiger partial charge in [0.15, 0.2) is 0 Å². The molecule has 2 aromatic rings. The van der Waals surface area contributed by atoms with Crippen molar-refractivity contribution in [2.45, 2.75) is 19.8 Å². The number of nitrogens with two attached hydrogens (primary N) is 1. The number of rotatable bonds is 3. The zero-order valence-corrected chi connectivity index (χ0v) is 15.9. The third-order valence-electron chi connectivity index (χ3n) is 3.10. The summed E-state index contributed by atoms with van der Waals surface area (Å²) in [5.74, 6) is -0.183. The predicted octanol–water partition coefficient (Wildman–Crippen LogP) is 5.43. The van der Waals surface area contributed by atoms with Gasteiger partial charge in [0.25, 0.3) is 0 Å². The van der Waals surface area contributed by atoms with Gasteiger partial charge in [0, 0.05) is 19.4 Å². The van der Waals surface area contributed by atoms with E-state index in [2.05, 4.69) is 45.7 Å². The summed E-state index contributed by atoms with van der Waals surface area (Å²) in [5, 5.41) is 0. The van der Waals surface area contributed by atoms with Crippen LogP contribution in [0.25, 0.3) is 10.4 Å². The summed E-state index contributed by atoms with van der Waals surface area (Å²) in [6.07, 6.45) is 0. The van der Waals surface area contributed by atoms with E-state index in [1.165, 1.54) is 18.4 Å². The van der Waals surface area contributed by atoms with Crippen LogP contribution in [0, 0.1) is 0 Å². The minimum absolute atomic E-state index is 0.209. The highest BCUT2D eigenvalue weighted by molar-refractivity contribution is 9.11. The van der Waals surface area contributed by atoms with Gasteiger partial charge in [-0.25, -0.2) is 4.79 Å². The Morgan fingerprint density at radius 2 is 2.00 bits per heavy atom. The molecule has 0 amide bonds. The van der Waals surface area contributed by atoms with E-state index >= 15 is 0 Å². The molecule has 2 N–H and O–H groups in total. The Kier molecular flexibility index (Phi) is 5.11. The van der Waals surface area contributed by atoms with Crippen LogP contribution in [-0.2, 0) is 4.74 Å². The SMILES string of the molecule is COC(=O)c1sc(-c2cc(Br)ccc2Br)c(C(C)C)c1N. The first kappa shape index (κ1) is 16.5. The van der Waals surface area contributed by atoms with E-state index in [9.17, 15) is 4.79 Å². The summed E-state index contributed by atoms with van der Waals surface area (Å²) in [7, 11) is 1.37. The van der Waals surface area contributed by atoms with Crippen LogP contribution in [0.4, 0.5) is 5.69 Å². The molecule has 0 unspecified atom stereocenters. The molecule has 112 valence electrons. The number of carbonyl (C=O) groups is 1. The molecular weight excluding hydrogens is 418 g/mol. The lowest BCUT2D eigenvalue weighted by Crippen LogP contribution is -2.03. The van der Waals surface area contributed by atoms with E-state index in [0.29, 0.717) is 10.6 Å². The average Bonchev–Trinajstić information content (AvgIpc) is 2.78. The quantitative estimate of drug-likeness (QED) is 0.657. The molecule has 1 aromatic heterocycles. The van der Waals surface area contributed by atoms with E-state index in [-0.39, 0.29) is 5.92 Å². The van der Waals surface area contributed by atoms with Gasteiger partial charge in [-0.1, -0.05) is 45.7 Å². The molecule has 0 fully saturated rings. The highest BCUT2D eigenvalue weighted by Gasteiger charge is 2.25. The maximum atomic E-state index is 11.9. The monoisotopic (exact) mass is 431 g/mol. The molecule has 0 radical (unpaired) electrons. The van der Waals surface area contributed by atoms with Gasteiger partial charge in [-0.2, -0.15) is 0 Å². The normalized spacial score (nSPS) is 11.0. The number of hydrogen-bond donors (Lipinski definition) is 1. The first-order valence-corrected chi connectivity index (χ1v) is 8.73.